The lowest BCUT2D eigenvalue weighted by Gasteiger charge is -2.23. The molecule has 1 rings (SSSR count). The van der Waals surface area contributed by atoms with Gasteiger partial charge in [0.05, 0.1) is 17.7 Å². The quantitative estimate of drug-likeness (QED) is 0.841. The Morgan fingerprint density at radius 2 is 2.10 bits per heavy atom. The molecule has 0 saturated heterocycles. The molecule has 1 heterocycles. The predicted octanol–water partition coefficient (Wildman–Crippen LogP) is 1.98. The summed E-state index contributed by atoms with van der Waals surface area (Å²) in [5.41, 5.74) is -1.57. The van der Waals surface area contributed by atoms with Crippen molar-refractivity contribution < 1.29 is 18.7 Å². The summed E-state index contributed by atoms with van der Waals surface area (Å²) in [7, 11) is 0. The Hall–Kier alpha value is -1.50. The second kappa shape index (κ2) is 6.30. The van der Waals surface area contributed by atoms with Crippen molar-refractivity contribution in [2.45, 2.75) is 46.2 Å². The summed E-state index contributed by atoms with van der Waals surface area (Å²) in [5.74, 6) is -0.480. The highest BCUT2D eigenvalue weighted by Gasteiger charge is 2.27. The third kappa shape index (κ3) is 4.26. The van der Waals surface area contributed by atoms with E-state index in [4.69, 9.17) is 5.11 Å². The van der Waals surface area contributed by atoms with Gasteiger partial charge in [0.25, 0.3) is 12.3 Å². The van der Waals surface area contributed by atoms with Crippen molar-refractivity contribution in [2.75, 3.05) is 6.61 Å². The highest BCUT2D eigenvalue weighted by molar-refractivity contribution is 5.94. The molecule has 5 nitrogen and oxygen atoms in total. The molecule has 0 atom stereocenters. The van der Waals surface area contributed by atoms with Crippen molar-refractivity contribution in [2.24, 2.45) is 5.92 Å². The van der Waals surface area contributed by atoms with E-state index in [9.17, 15) is 13.6 Å². The summed E-state index contributed by atoms with van der Waals surface area (Å²) in [4.78, 5) is 12.0. The van der Waals surface area contributed by atoms with Gasteiger partial charge >= 0.3 is 0 Å². The number of alkyl halides is 2. The minimum atomic E-state index is -2.77. The van der Waals surface area contributed by atoms with Gasteiger partial charge in [-0.3, -0.25) is 9.48 Å². The van der Waals surface area contributed by atoms with Crippen LogP contribution in [-0.2, 0) is 6.54 Å². The smallest absolute Gasteiger partial charge is 0.272 e. The fraction of sp³-hybridized carbons (Fsp3) is 0.692. The number of hydrogen-bond donors (Lipinski definition) is 2. The maximum atomic E-state index is 13.0. The Balaban J connectivity index is 3.03. The third-order valence-electron chi connectivity index (χ3n) is 2.64. The van der Waals surface area contributed by atoms with Gasteiger partial charge in [-0.15, -0.1) is 0 Å². The normalized spacial score (nSPS) is 12.2. The van der Waals surface area contributed by atoms with Gasteiger partial charge in [-0.05, 0) is 19.8 Å². The number of aliphatic hydroxyl groups is 1. The molecule has 0 radical (unpaired) electrons. The molecule has 0 fully saturated rings. The summed E-state index contributed by atoms with van der Waals surface area (Å²) in [6.07, 6.45) is -1.57. The van der Waals surface area contributed by atoms with Gasteiger partial charge < -0.3 is 10.4 Å². The van der Waals surface area contributed by atoms with Gasteiger partial charge in [-0.1, -0.05) is 13.8 Å². The Labute approximate surface area is 117 Å². The molecule has 7 heteroatoms. The van der Waals surface area contributed by atoms with E-state index in [0.29, 0.717) is 6.54 Å². The zero-order valence-electron chi connectivity index (χ0n) is 12.2. The van der Waals surface area contributed by atoms with E-state index >= 15 is 0 Å². The second-order valence-corrected chi connectivity index (χ2v) is 5.85. The first-order valence-corrected chi connectivity index (χ1v) is 6.45. The SMILES string of the molecule is CC(C)Cn1cc(C(F)F)c(C(=O)NC(C)(C)CO)n1. The lowest BCUT2D eigenvalue weighted by Crippen LogP contribution is -2.46. The molecular weight excluding hydrogens is 268 g/mol. The molecule has 0 spiro atoms. The first-order chi connectivity index (χ1) is 9.16. The lowest BCUT2D eigenvalue weighted by molar-refractivity contribution is 0.0851. The number of rotatable bonds is 6. The van der Waals surface area contributed by atoms with E-state index in [-0.39, 0.29) is 18.2 Å². The van der Waals surface area contributed by atoms with Gasteiger partial charge in [0.1, 0.15) is 0 Å². The van der Waals surface area contributed by atoms with Crippen LogP contribution in [0, 0.1) is 5.92 Å². The Morgan fingerprint density at radius 1 is 1.50 bits per heavy atom. The Kier molecular flexibility index (Phi) is 5.21. The van der Waals surface area contributed by atoms with E-state index in [1.165, 1.54) is 10.9 Å². The van der Waals surface area contributed by atoms with Crippen LogP contribution < -0.4 is 5.32 Å². The van der Waals surface area contributed by atoms with Crippen LogP contribution in [0.5, 0.6) is 0 Å². The zero-order valence-corrected chi connectivity index (χ0v) is 12.2. The van der Waals surface area contributed by atoms with Crippen LogP contribution >= 0.6 is 0 Å². The molecule has 0 unspecified atom stereocenters. The number of amides is 1. The molecule has 0 aliphatic rings. The van der Waals surface area contributed by atoms with Crippen molar-refractivity contribution in [1.82, 2.24) is 15.1 Å². The molecular formula is C13H21F2N3O2. The van der Waals surface area contributed by atoms with Gasteiger partial charge in [0.2, 0.25) is 0 Å². The summed E-state index contributed by atoms with van der Waals surface area (Å²) >= 11 is 0. The molecule has 0 bridgehead atoms. The molecule has 1 aromatic heterocycles. The average Bonchev–Trinajstić information content (AvgIpc) is 2.71. The average molecular weight is 289 g/mol. The topological polar surface area (TPSA) is 67.2 Å². The molecule has 20 heavy (non-hydrogen) atoms. The molecule has 0 aromatic carbocycles. The minimum Gasteiger partial charge on any atom is -0.394 e. The van der Waals surface area contributed by atoms with Crippen LogP contribution in [0.25, 0.3) is 0 Å². The molecule has 1 amide bonds. The predicted molar refractivity (Wildman–Crippen MR) is 70.7 cm³/mol. The van der Waals surface area contributed by atoms with Crippen LogP contribution in [0.15, 0.2) is 6.20 Å². The molecule has 0 aliphatic heterocycles. The molecule has 0 saturated carbocycles. The molecule has 0 aliphatic carbocycles. The van der Waals surface area contributed by atoms with E-state index in [1.54, 1.807) is 13.8 Å². The van der Waals surface area contributed by atoms with Crippen LogP contribution in [0.3, 0.4) is 0 Å². The molecule has 114 valence electrons. The maximum absolute atomic E-state index is 13.0. The third-order valence-corrected chi connectivity index (χ3v) is 2.64. The van der Waals surface area contributed by atoms with Crippen molar-refractivity contribution in [1.29, 1.82) is 0 Å². The van der Waals surface area contributed by atoms with Crippen molar-refractivity contribution >= 4 is 5.91 Å². The van der Waals surface area contributed by atoms with Crippen LogP contribution in [0.4, 0.5) is 8.78 Å². The van der Waals surface area contributed by atoms with E-state index < -0.39 is 23.4 Å². The summed E-state index contributed by atoms with van der Waals surface area (Å²) < 4.78 is 27.3. The van der Waals surface area contributed by atoms with Crippen molar-refractivity contribution in [3.8, 4) is 0 Å². The van der Waals surface area contributed by atoms with Gasteiger partial charge in [-0.25, -0.2) is 8.78 Å². The first-order valence-electron chi connectivity index (χ1n) is 6.45. The van der Waals surface area contributed by atoms with E-state index in [2.05, 4.69) is 10.4 Å². The van der Waals surface area contributed by atoms with Crippen molar-refractivity contribution in [3.05, 3.63) is 17.5 Å². The van der Waals surface area contributed by atoms with Gasteiger partial charge in [-0.2, -0.15) is 5.10 Å². The summed E-state index contributed by atoms with van der Waals surface area (Å²) in [6, 6.07) is 0. The number of aromatic nitrogens is 2. The number of nitrogens with zero attached hydrogens (tertiary/aromatic N) is 2. The fourth-order valence-electron chi connectivity index (χ4n) is 1.65. The number of hydrogen-bond acceptors (Lipinski definition) is 3. The number of carbonyl (C=O) groups is 1. The zero-order chi connectivity index (χ0) is 15.5. The minimum absolute atomic E-state index is 0.227. The standard InChI is InChI=1S/C13H21F2N3O2/c1-8(2)5-18-6-9(11(14)15)10(17-18)12(20)16-13(3,4)7-19/h6,8,11,19H,5,7H2,1-4H3,(H,16,20). The van der Waals surface area contributed by atoms with Gasteiger partial charge in [0, 0.05) is 12.7 Å². The number of carbonyl (C=O) groups excluding carboxylic acids is 1. The Bertz CT molecular complexity index is 470. The van der Waals surface area contributed by atoms with Crippen molar-refractivity contribution in [3.63, 3.8) is 0 Å². The monoisotopic (exact) mass is 289 g/mol. The van der Waals surface area contributed by atoms with Crippen LogP contribution in [-0.4, -0.2) is 32.9 Å². The van der Waals surface area contributed by atoms with Gasteiger partial charge in [0.15, 0.2) is 5.69 Å². The number of halogens is 2. The highest BCUT2D eigenvalue weighted by Crippen LogP contribution is 2.23. The molecule has 2 N–H and O–H groups in total. The largest absolute Gasteiger partial charge is 0.394 e. The maximum Gasteiger partial charge on any atom is 0.272 e. The van der Waals surface area contributed by atoms with Crippen LogP contribution in [0.2, 0.25) is 0 Å². The number of aliphatic hydroxyl groups excluding tert-OH is 1. The first kappa shape index (κ1) is 16.6. The Morgan fingerprint density at radius 3 is 2.55 bits per heavy atom. The number of nitrogens with one attached hydrogen (secondary N) is 1. The lowest BCUT2D eigenvalue weighted by atomic mass is 10.1. The van der Waals surface area contributed by atoms with E-state index in [1.807, 2.05) is 13.8 Å². The fourth-order valence-corrected chi connectivity index (χ4v) is 1.65. The van der Waals surface area contributed by atoms with E-state index in [0.717, 1.165) is 0 Å². The highest BCUT2D eigenvalue weighted by atomic mass is 19.3. The van der Waals surface area contributed by atoms with Crippen LogP contribution in [0.1, 0.15) is 50.2 Å². The summed E-state index contributed by atoms with van der Waals surface area (Å²) in [5, 5.41) is 15.5. The second-order valence-electron chi connectivity index (χ2n) is 5.85. The summed E-state index contributed by atoms with van der Waals surface area (Å²) in [6.45, 7) is 7.21. The molecule has 1 aromatic rings.